The molecule has 0 aliphatic carbocycles. The van der Waals surface area contributed by atoms with E-state index in [0.29, 0.717) is 0 Å². The smallest absolute Gasteiger partial charge is 0.174 e. The number of hydrogen-bond donors (Lipinski definition) is 1. The van der Waals surface area contributed by atoms with E-state index < -0.39 is 0 Å². The maximum Gasteiger partial charge on any atom is 0.174 e. The van der Waals surface area contributed by atoms with Gasteiger partial charge in [0.15, 0.2) is 5.82 Å². The van der Waals surface area contributed by atoms with Gasteiger partial charge in [-0.2, -0.15) is 5.10 Å². The zero-order chi connectivity index (χ0) is 16.2. The lowest BCUT2D eigenvalue weighted by atomic mass is 10.2. The number of anilines is 1. The van der Waals surface area contributed by atoms with Crippen molar-refractivity contribution in [2.45, 2.75) is 27.2 Å². The Morgan fingerprint density at radius 1 is 1.04 bits per heavy atom. The molecule has 0 saturated carbocycles. The number of aryl methyl sites for hydroxylation is 3. The van der Waals surface area contributed by atoms with E-state index in [1.807, 2.05) is 39.1 Å². The second kappa shape index (κ2) is 6.56. The zero-order valence-electron chi connectivity index (χ0n) is 13.6. The number of rotatable bonds is 5. The van der Waals surface area contributed by atoms with Crippen molar-refractivity contribution >= 4 is 5.82 Å². The second-order valence-corrected chi connectivity index (χ2v) is 5.59. The number of pyridine rings is 1. The van der Waals surface area contributed by atoms with Crippen LogP contribution >= 0.6 is 0 Å². The standard InChI is InChI=1S/C17H20N6/c1-12-4-5-15(9-20-12)6-7-19-16-10-18-11-17(21-16)23-14(3)8-13(2)22-23/h4-5,8-11H,6-7H2,1-3H3,(H,19,21). The zero-order valence-corrected chi connectivity index (χ0v) is 13.6. The number of nitrogens with one attached hydrogen (secondary N) is 1. The van der Waals surface area contributed by atoms with Crippen LogP contribution in [0.5, 0.6) is 0 Å². The van der Waals surface area contributed by atoms with E-state index in [1.165, 1.54) is 5.56 Å². The second-order valence-electron chi connectivity index (χ2n) is 5.59. The van der Waals surface area contributed by atoms with Gasteiger partial charge in [0.25, 0.3) is 0 Å². The molecule has 118 valence electrons. The monoisotopic (exact) mass is 308 g/mol. The summed E-state index contributed by atoms with van der Waals surface area (Å²) in [6, 6.07) is 6.15. The van der Waals surface area contributed by atoms with Crippen molar-refractivity contribution in [1.82, 2.24) is 24.7 Å². The largest absolute Gasteiger partial charge is 0.368 e. The van der Waals surface area contributed by atoms with Crippen molar-refractivity contribution < 1.29 is 0 Å². The summed E-state index contributed by atoms with van der Waals surface area (Å²) < 4.78 is 1.80. The molecule has 0 aliphatic heterocycles. The van der Waals surface area contributed by atoms with Crippen molar-refractivity contribution in [2.75, 3.05) is 11.9 Å². The Morgan fingerprint density at radius 2 is 1.91 bits per heavy atom. The van der Waals surface area contributed by atoms with E-state index >= 15 is 0 Å². The molecule has 0 fully saturated rings. The molecule has 6 heteroatoms. The summed E-state index contributed by atoms with van der Waals surface area (Å²) in [5.74, 6) is 1.47. The Hall–Kier alpha value is -2.76. The maximum absolute atomic E-state index is 4.57. The van der Waals surface area contributed by atoms with Crippen LogP contribution in [0.15, 0.2) is 36.8 Å². The fraction of sp³-hybridized carbons (Fsp3) is 0.294. The molecule has 6 nitrogen and oxygen atoms in total. The van der Waals surface area contributed by atoms with Crippen molar-refractivity contribution in [1.29, 1.82) is 0 Å². The topological polar surface area (TPSA) is 68.5 Å². The molecule has 23 heavy (non-hydrogen) atoms. The van der Waals surface area contributed by atoms with E-state index in [-0.39, 0.29) is 0 Å². The van der Waals surface area contributed by atoms with Crippen LogP contribution < -0.4 is 5.32 Å². The molecule has 3 aromatic heterocycles. The Labute approximate surface area is 135 Å². The summed E-state index contributed by atoms with van der Waals surface area (Å²) in [5, 5.41) is 7.74. The van der Waals surface area contributed by atoms with E-state index in [2.05, 4.69) is 31.4 Å². The number of hydrogen-bond acceptors (Lipinski definition) is 5. The third kappa shape index (κ3) is 3.71. The fourth-order valence-corrected chi connectivity index (χ4v) is 2.38. The SMILES string of the molecule is Cc1ccc(CCNc2cncc(-n3nc(C)cc3C)n2)cn1. The Kier molecular flexibility index (Phi) is 4.32. The highest BCUT2D eigenvalue weighted by Gasteiger charge is 2.06. The van der Waals surface area contributed by atoms with Crippen LogP contribution in [0.4, 0.5) is 5.82 Å². The maximum atomic E-state index is 4.57. The van der Waals surface area contributed by atoms with Gasteiger partial charge < -0.3 is 5.32 Å². The molecule has 0 spiro atoms. The molecule has 1 N–H and O–H groups in total. The molecular weight excluding hydrogens is 288 g/mol. The average molecular weight is 308 g/mol. The Morgan fingerprint density at radius 3 is 2.61 bits per heavy atom. The third-order valence-electron chi connectivity index (χ3n) is 3.54. The molecule has 0 atom stereocenters. The molecule has 3 heterocycles. The fourth-order valence-electron chi connectivity index (χ4n) is 2.38. The molecule has 0 amide bonds. The van der Waals surface area contributed by atoms with Gasteiger partial charge in [-0.1, -0.05) is 6.07 Å². The summed E-state index contributed by atoms with van der Waals surface area (Å²) in [6.07, 6.45) is 6.24. The lowest BCUT2D eigenvalue weighted by molar-refractivity contribution is 0.798. The molecule has 0 bridgehead atoms. The van der Waals surface area contributed by atoms with Crippen LogP contribution in [0.25, 0.3) is 5.82 Å². The molecular formula is C17H20N6. The molecule has 3 rings (SSSR count). The van der Waals surface area contributed by atoms with E-state index in [9.17, 15) is 0 Å². The highest BCUT2D eigenvalue weighted by atomic mass is 15.3. The Balaban J connectivity index is 1.66. The van der Waals surface area contributed by atoms with E-state index in [4.69, 9.17) is 0 Å². The minimum atomic E-state index is 0.720. The third-order valence-corrected chi connectivity index (χ3v) is 3.54. The highest BCUT2D eigenvalue weighted by molar-refractivity contribution is 5.36. The molecule has 0 aromatic carbocycles. The molecule has 0 aliphatic rings. The van der Waals surface area contributed by atoms with Gasteiger partial charge in [0, 0.05) is 24.1 Å². The first kappa shape index (κ1) is 15.1. The van der Waals surface area contributed by atoms with Crippen LogP contribution in [0.2, 0.25) is 0 Å². The van der Waals surface area contributed by atoms with Gasteiger partial charge in [0.2, 0.25) is 0 Å². The normalized spacial score (nSPS) is 10.7. The van der Waals surface area contributed by atoms with Crippen LogP contribution in [-0.4, -0.2) is 31.3 Å². The molecule has 3 aromatic rings. The lowest BCUT2D eigenvalue weighted by Crippen LogP contribution is -2.09. The first-order chi connectivity index (χ1) is 11.1. The number of aromatic nitrogens is 5. The lowest BCUT2D eigenvalue weighted by Gasteiger charge is -2.08. The van der Waals surface area contributed by atoms with Crippen molar-refractivity contribution in [3.8, 4) is 5.82 Å². The average Bonchev–Trinajstić information content (AvgIpc) is 2.88. The Bertz CT molecular complexity index is 791. The van der Waals surface area contributed by atoms with E-state index in [1.54, 1.807) is 17.1 Å². The summed E-state index contributed by atoms with van der Waals surface area (Å²) in [7, 11) is 0. The van der Waals surface area contributed by atoms with Crippen LogP contribution in [0, 0.1) is 20.8 Å². The molecule has 0 saturated heterocycles. The van der Waals surface area contributed by atoms with Gasteiger partial charge >= 0.3 is 0 Å². The van der Waals surface area contributed by atoms with Gasteiger partial charge in [0.1, 0.15) is 5.82 Å². The summed E-state index contributed by atoms with van der Waals surface area (Å²) in [4.78, 5) is 13.1. The van der Waals surface area contributed by atoms with Crippen molar-refractivity contribution in [2.24, 2.45) is 0 Å². The predicted molar refractivity (Wildman–Crippen MR) is 89.8 cm³/mol. The minimum absolute atomic E-state index is 0.720. The van der Waals surface area contributed by atoms with Gasteiger partial charge in [-0.15, -0.1) is 0 Å². The first-order valence-corrected chi connectivity index (χ1v) is 7.63. The molecule has 0 unspecified atom stereocenters. The van der Waals surface area contributed by atoms with Gasteiger partial charge in [-0.05, 0) is 44.9 Å². The first-order valence-electron chi connectivity index (χ1n) is 7.63. The summed E-state index contributed by atoms with van der Waals surface area (Å²) >= 11 is 0. The van der Waals surface area contributed by atoms with Crippen LogP contribution in [0.3, 0.4) is 0 Å². The quantitative estimate of drug-likeness (QED) is 0.784. The summed E-state index contributed by atoms with van der Waals surface area (Å²) in [5.41, 5.74) is 4.24. The highest BCUT2D eigenvalue weighted by Crippen LogP contribution is 2.11. The van der Waals surface area contributed by atoms with Crippen LogP contribution in [-0.2, 0) is 6.42 Å². The number of nitrogens with zero attached hydrogens (tertiary/aromatic N) is 5. The van der Waals surface area contributed by atoms with Gasteiger partial charge in [-0.25, -0.2) is 9.67 Å². The minimum Gasteiger partial charge on any atom is -0.368 e. The van der Waals surface area contributed by atoms with Gasteiger partial charge in [-0.3, -0.25) is 9.97 Å². The van der Waals surface area contributed by atoms with Crippen LogP contribution in [0.1, 0.15) is 22.6 Å². The van der Waals surface area contributed by atoms with Crippen molar-refractivity contribution in [3.05, 3.63) is 59.4 Å². The molecule has 0 radical (unpaired) electrons. The summed E-state index contributed by atoms with van der Waals surface area (Å²) in [6.45, 7) is 6.74. The van der Waals surface area contributed by atoms with Gasteiger partial charge in [0.05, 0.1) is 18.1 Å². The van der Waals surface area contributed by atoms with E-state index in [0.717, 1.165) is 41.7 Å². The van der Waals surface area contributed by atoms with Crippen molar-refractivity contribution in [3.63, 3.8) is 0 Å². The predicted octanol–water partition coefficient (Wildman–Crippen LogP) is 2.64.